The van der Waals surface area contributed by atoms with Crippen molar-refractivity contribution >= 4 is 0 Å². The summed E-state index contributed by atoms with van der Waals surface area (Å²) in [5.41, 5.74) is 0.519. The molecule has 1 saturated heterocycles. The molecule has 2 aliphatic carbocycles. The van der Waals surface area contributed by atoms with Crippen molar-refractivity contribution in [2.75, 3.05) is 32.8 Å². The molecule has 0 aromatic carbocycles. The summed E-state index contributed by atoms with van der Waals surface area (Å²) in [5, 5.41) is 3.85. The molecule has 3 unspecified atom stereocenters. The molecule has 0 aromatic rings. The number of hydrogen-bond donors (Lipinski definition) is 1. The van der Waals surface area contributed by atoms with Crippen molar-refractivity contribution in [2.24, 2.45) is 11.3 Å². The quantitative estimate of drug-likeness (QED) is 0.815. The molecule has 1 heterocycles. The Labute approximate surface area is 130 Å². The summed E-state index contributed by atoms with van der Waals surface area (Å²) in [6, 6.07) is 1.49. The first-order chi connectivity index (χ1) is 10.2. The van der Waals surface area contributed by atoms with E-state index in [-0.39, 0.29) is 0 Å². The lowest BCUT2D eigenvalue weighted by molar-refractivity contribution is -0.0377. The van der Waals surface area contributed by atoms with Crippen LogP contribution in [0.15, 0.2) is 0 Å². The Balaban J connectivity index is 1.64. The molecule has 3 nitrogen and oxygen atoms in total. The van der Waals surface area contributed by atoms with Gasteiger partial charge in [-0.15, -0.1) is 0 Å². The summed E-state index contributed by atoms with van der Waals surface area (Å²) in [5.74, 6) is 0.904. The fraction of sp³-hybridized carbons (Fsp3) is 1.00. The second kappa shape index (κ2) is 6.97. The van der Waals surface area contributed by atoms with E-state index >= 15 is 0 Å². The molecule has 3 rings (SSSR count). The van der Waals surface area contributed by atoms with Crippen LogP contribution in [0.5, 0.6) is 0 Å². The molecule has 0 radical (unpaired) electrons. The SMILES string of the molecule is CCC1COCCN1CC1(CNC2CC2)CCCC(C)C1. The van der Waals surface area contributed by atoms with Crippen LogP contribution >= 0.6 is 0 Å². The van der Waals surface area contributed by atoms with Gasteiger partial charge in [0.15, 0.2) is 0 Å². The highest BCUT2D eigenvalue weighted by molar-refractivity contribution is 4.94. The fourth-order valence-electron chi connectivity index (χ4n) is 4.48. The highest BCUT2D eigenvalue weighted by Gasteiger charge is 2.39. The molecule has 1 aliphatic heterocycles. The molecule has 3 atom stereocenters. The molecule has 0 aromatic heterocycles. The first-order valence-corrected chi connectivity index (χ1v) is 9.26. The lowest BCUT2D eigenvalue weighted by atomic mass is 9.69. The minimum absolute atomic E-state index is 0.519. The van der Waals surface area contributed by atoms with Gasteiger partial charge in [0, 0.05) is 31.7 Å². The van der Waals surface area contributed by atoms with Crippen molar-refractivity contribution in [1.29, 1.82) is 0 Å². The molecule has 3 heteroatoms. The largest absolute Gasteiger partial charge is 0.378 e. The minimum atomic E-state index is 0.519. The van der Waals surface area contributed by atoms with E-state index in [2.05, 4.69) is 24.1 Å². The topological polar surface area (TPSA) is 24.5 Å². The van der Waals surface area contributed by atoms with Gasteiger partial charge >= 0.3 is 0 Å². The number of rotatable bonds is 6. The van der Waals surface area contributed by atoms with Crippen molar-refractivity contribution in [3.05, 3.63) is 0 Å². The van der Waals surface area contributed by atoms with Gasteiger partial charge in [-0.2, -0.15) is 0 Å². The lowest BCUT2D eigenvalue weighted by Gasteiger charge is -2.46. The van der Waals surface area contributed by atoms with E-state index in [9.17, 15) is 0 Å². The van der Waals surface area contributed by atoms with Crippen LogP contribution in [0, 0.1) is 11.3 Å². The molecule has 3 fully saturated rings. The number of ether oxygens (including phenoxy) is 1. The molecule has 122 valence electrons. The predicted molar refractivity (Wildman–Crippen MR) is 87.6 cm³/mol. The highest BCUT2D eigenvalue weighted by atomic mass is 16.5. The first-order valence-electron chi connectivity index (χ1n) is 9.26. The summed E-state index contributed by atoms with van der Waals surface area (Å²) in [6.07, 6.45) is 9.73. The third-order valence-corrected chi connectivity index (χ3v) is 5.89. The Hall–Kier alpha value is -0.120. The fourth-order valence-corrected chi connectivity index (χ4v) is 4.48. The van der Waals surface area contributed by atoms with Gasteiger partial charge in [-0.3, -0.25) is 4.90 Å². The van der Waals surface area contributed by atoms with Crippen LogP contribution in [0.4, 0.5) is 0 Å². The molecular weight excluding hydrogens is 260 g/mol. The van der Waals surface area contributed by atoms with Crippen molar-refractivity contribution in [2.45, 2.75) is 70.9 Å². The Bertz CT molecular complexity index is 331. The second-order valence-corrected chi connectivity index (χ2v) is 7.96. The van der Waals surface area contributed by atoms with E-state index in [1.165, 1.54) is 58.0 Å². The van der Waals surface area contributed by atoms with Gasteiger partial charge in [0.25, 0.3) is 0 Å². The summed E-state index contributed by atoms with van der Waals surface area (Å²) < 4.78 is 5.70. The summed E-state index contributed by atoms with van der Waals surface area (Å²) in [7, 11) is 0. The van der Waals surface area contributed by atoms with Crippen LogP contribution in [-0.2, 0) is 4.74 Å². The van der Waals surface area contributed by atoms with Gasteiger partial charge < -0.3 is 10.1 Å². The molecule has 0 spiro atoms. The zero-order valence-electron chi connectivity index (χ0n) is 14.1. The summed E-state index contributed by atoms with van der Waals surface area (Å²) in [4.78, 5) is 2.75. The number of nitrogens with zero attached hydrogens (tertiary/aromatic N) is 1. The van der Waals surface area contributed by atoms with Gasteiger partial charge in [-0.1, -0.05) is 26.7 Å². The molecule has 21 heavy (non-hydrogen) atoms. The van der Waals surface area contributed by atoms with Gasteiger partial charge in [-0.25, -0.2) is 0 Å². The maximum atomic E-state index is 5.70. The third-order valence-electron chi connectivity index (χ3n) is 5.89. The minimum Gasteiger partial charge on any atom is -0.378 e. The number of morpholine rings is 1. The Morgan fingerprint density at radius 1 is 1.29 bits per heavy atom. The van der Waals surface area contributed by atoms with Crippen molar-refractivity contribution in [3.8, 4) is 0 Å². The highest BCUT2D eigenvalue weighted by Crippen LogP contribution is 2.41. The monoisotopic (exact) mass is 294 g/mol. The van der Waals surface area contributed by atoms with E-state index < -0.39 is 0 Å². The molecule has 2 saturated carbocycles. The van der Waals surface area contributed by atoms with Gasteiger partial charge in [0.05, 0.1) is 13.2 Å². The Kier molecular flexibility index (Phi) is 5.23. The molecule has 0 amide bonds. The van der Waals surface area contributed by atoms with E-state index in [1.807, 2.05) is 0 Å². The molecular formula is C18H34N2O. The number of hydrogen-bond acceptors (Lipinski definition) is 3. The van der Waals surface area contributed by atoms with Crippen LogP contribution in [-0.4, -0.2) is 49.8 Å². The molecule has 1 N–H and O–H groups in total. The number of nitrogens with one attached hydrogen (secondary N) is 1. The van der Waals surface area contributed by atoms with Gasteiger partial charge in [0.2, 0.25) is 0 Å². The van der Waals surface area contributed by atoms with Crippen molar-refractivity contribution < 1.29 is 4.74 Å². The lowest BCUT2D eigenvalue weighted by Crippen LogP contribution is -2.53. The molecule has 3 aliphatic rings. The van der Waals surface area contributed by atoms with Crippen LogP contribution in [0.3, 0.4) is 0 Å². The summed E-state index contributed by atoms with van der Waals surface area (Å²) >= 11 is 0. The summed E-state index contributed by atoms with van der Waals surface area (Å²) in [6.45, 7) is 10.3. The molecule has 0 bridgehead atoms. The van der Waals surface area contributed by atoms with E-state index in [1.54, 1.807) is 0 Å². The predicted octanol–water partition coefficient (Wildman–Crippen LogP) is 3.05. The maximum Gasteiger partial charge on any atom is 0.0622 e. The van der Waals surface area contributed by atoms with Crippen LogP contribution in [0.1, 0.15) is 58.8 Å². The van der Waals surface area contributed by atoms with Crippen LogP contribution in [0.2, 0.25) is 0 Å². The zero-order valence-corrected chi connectivity index (χ0v) is 14.1. The Morgan fingerprint density at radius 3 is 2.86 bits per heavy atom. The van der Waals surface area contributed by atoms with Gasteiger partial charge in [-0.05, 0) is 43.4 Å². The van der Waals surface area contributed by atoms with Crippen LogP contribution < -0.4 is 5.32 Å². The third kappa shape index (κ3) is 4.20. The van der Waals surface area contributed by atoms with Crippen LogP contribution in [0.25, 0.3) is 0 Å². The maximum absolute atomic E-state index is 5.70. The average Bonchev–Trinajstić information content (AvgIpc) is 3.30. The standard InChI is InChI=1S/C18H34N2O/c1-3-17-12-21-10-9-20(17)14-18(13-19-16-6-7-16)8-4-5-15(2)11-18/h15-17,19H,3-14H2,1-2H3. The normalized spacial score (nSPS) is 38.6. The van der Waals surface area contributed by atoms with Crippen molar-refractivity contribution in [3.63, 3.8) is 0 Å². The van der Waals surface area contributed by atoms with E-state index in [0.29, 0.717) is 11.5 Å². The van der Waals surface area contributed by atoms with E-state index in [0.717, 1.165) is 31.7 Å². The van der Waals surface area contributed by atoms with E-state index in [4.69, 9.17) is 4.74 Å². The zero-order chi connectivity index (χ0) is 14.7. The Morgan fingerprint density at radius 2 is 2.14 bits per heavy atom. The van der Waals surface area contributed by atoms with Crippen molar-refractivity contribution in [1.82, 2.24) is 10.2 Å². The second-order valence-electron chi connectivity index (χ2n) is 7.96. The smallest absolute Gasteiger partial charge is 0.0622 e. The first kappa shape index (κ1) is 15.8. The van der Waals surface area contributed by atoms with Gasteiger partial charge in [0.1, 0.15) is 0 Å². The average molecular weight is 294 g/mol.